The Bertz CT molecular complexity index is 3550. The minimum Gasteiger partial charge on any atom is -0.455 e. The van der Waals surface area contributed by atoms with E-state index in [4.69, 9.17) is 14.4 Å². The summed E-state index contributed by atoms with van der Waals surface area (Å²) in [5, 5.41) is 7.85. The van der Waals surface area contributed by atoms with Crippen molar-refractivity contribution in [1.29, 1.82) is 0 Å². The van der Waals surface area contributed by atoms with Crippen LogP contribution in [-0.2, 0) is 0 Å². The quantitative estimate of drug-likeness (QED) is 0.177. The summed E-state index contributed by atoms with van der Waals surface area (Å²) in [4.78, 5) is 11.1. The molecule has 0 aliphatic rings. The minimum atomic E-state index is 0.618. The minimum absolute atomic E-state index is 0.618. The summed E-state index contributed by atoms with van der Waals surface area (Å²) in [6.07, 6.45) is 0. The van der Waals surface area contributed by atoms with Crippen LogP contribution in [-0.4, -0.2) is 14.5 Å². The van der Waals surface area contributed by atoms with E-state index in [1.54, 1.807) is 0 Å². The first kappa shape index (κ1) is 32.4. The van der Waals surface area contributed by atoms with Gasteiger partial charge in [-0.15, -0.1) is 0 Å². The number of rotatable bonds is 5. The zero-order valence-electron chi connectivity index (χ0n) is 31.3. The van der Waals surface area contributed by atoms with Gasteiger partial charge in [0.1, 0.15) is 11.2 Å². The van der Waals surface area contributed by atoms with Gasteiger partial charge in [-0.1, -0.05) is 164 Å². The van der Waals surface area contributed by atoms with Gasteiger partial charge in [0, 0.05) is 38.1 Å². The van der Waals surface area contributed by atoms with E-state index in [1.807, 2.05) is 12.1 Å². The van der Waals surface area contributed by atoms with Crippen LogP contribution in [0.2, 0.25) is 0 Å². The highest BCUT2D eigenvalue weighted by Crippen LogP contribution is 2.44. The van der Waals surface area contributed by atoms with Crippen LogP contribution in [0.4, 0.5) is 0 Å². The molecule has 12 rings (SSSR count). The van der Waals surface area contributed by atoms with E-state index in [0.717, 1.165) is 99.3 Å². The van der Waals surface area contributed by atoms with E-state index in [9.17, 15) is 0 Å². The first-order valence-electron chi connectivity index (χ1n) is 19.7. The van der Waals surface area contributed by atoms with Gasteiger partial charge in [0.05, 0.1) is 22.2 Å². The molecule has 4 nitrogen and oxygen atoms in total. The molecule has 0 amide bonds. The molecule has 0 atom stereocenters. The molecule has 0 radical (unpaired) electrons. The molecule has 0 saturated heterocycles. The van der Waals surface area contributed by atoms with Crippen molar-refractivity contribution in [2.75, 3.05) is 0 Å². The SMILES string of the molecule is c1ccc(-c2ccc3c4cc5ccccc5cc4n(-c4nc(-c5ccccc5)c5cc(-c6ccccc6)c(-c6cccc7c6oc6ccccc67)cc5n4)c3c2)cc1. The first-order chi connectivity index (χ1) is 28.7. The van der Waals surface area contributed by atoms with Gasteiger partial charge in [-0.3, -0.25) is 4.57 Å². The number of benzene rings is 9. The molecule has 9 aromatic carbocycles. The molecule has 0 aliphatic carbocycles. The summed E-state index contributed by atoms with van der Waals surface area (Å²) >= 11 is 0. The third-order valence-corrected chi connectivity index (χ3v) is 11.6. The zero-order valence-corrected chi connectivity index (χ0v) is 31.3. The third-order valence-electron chi connectivity index (χ3n) is 11.6. The van der Waals surface area contributed by atoms with E-state index >= 15 is 0 Å². The van der Waals surface area contributed by atoms with Gasteiger partial charge >= 0.3 is 0 Å². The van der Waals surface area contributed by atoms with Gasteiger partial charge < -0.3 is 4.42 Å². The molecule has 270 valence electrons. The maximum absolute atomic E-state index is 6.66. The molecule has 0 unspecified atom stereocenters. The topological polar surface area (TPSA) is 43.9 Å². The molecule has 0 bridgehead atoms. The normalized spacial score (nSPS) is 11.8. The van der Waals surface area contributed by atoms with Gasteiger partial charge in [-0.05, 0) is 75.0 Å². The predicted molar refractivity (Wildman–Crippen MR) is 240 cm³/mol. The van der Waals surface area contributed by atoms with E-state index in [-0.39, 0.29) is 0 Å². The van der Waals surface area contributed by atoms with Crippen molar-refractivity contribution < 1.29 is 4.42 Å². The molecule has 0 aliphatic heterocycles. The highest BCUT2D eigenvalue weighted by Gasteiger charge is 2.22. The number of hydrogen-bond donors (Lipinski definition) is 0. The Balaban J connectivity index is 1.21. The maximum Gasteiger partial charge on any atom is 0.235 e. The standard InChI is InChI=1S/C54H33N3O/c1-4-15-34(16-5-1)39-27-28-40-46-29-37-21-10-11-22-38(37)30-50(46)57(49(40)31-39)54-55-48-33-45(43-25-14-24-42-41-23-12-13-26-51(41)58-53(42)43)44(35-17-6-2-7-18-35)32-47(48)52(56-54)36-19-8-3-9-20-36/h1-33H. The Morgan fingerprint density at radius 2 is 1.02 bits per heavy atom. The van der Waals surface area contributed by atoms with Crippen LogP contribution in [0.3, 0.4) is 0 Å². The summed E-state index contributed by atoms with van der Waals surface area (Å²) in [5.41, 5.74) is 13.2. The van der Waals surface area contributed by atoms with E-state index in [0.29, 0.717) is 5.95 Å². The van der Waals surface area contributed by atoms with Gasteiger partial charge in [0.15, 0.2) is 0 Å². The van der Waals surface area contributed by atoms with Crippen LogP contribution < -0.4 is 0 Å². The van der Waals surface area contributed by atoms with Gasteiger partial charge in [-0.2, -0.15) is 0 Å². The Morgan fingerprint density at radius 1 is 0.362 bits per heavy atom. The molecule has 12 aromatic rings. The van der Waals surface area contributed by atoms with Crippen LogP contribution in [0.15, 0.2) is 205 Å². The zero-order chi connectivity index (χ0) is 38.2. The lowest BCUT2D eigenvalue weighted by atomic mass is 9.91. The van der Waals surface area contributed by atoms with Crippen molar-refractivity contribution in [2.45, 2.75) is 0 Å². The molecule has 0 fully saturated rings. The van der Waals surface area contributed by atoms with Crippen molar-refractivity contribution in [2.24, 2.45) is 0 Å². The van der Waals surface area contributed by atoms with Crippen LogP contribution in [0.5, 0.6) is 0 Å². The first-order valence-corrected chi connectivity index (χ1v) is 19.7. The average Bonchev–Trinajstić information content (AvgIpc) is 3.83. The Kier molecular flexibility index (Phi) is 7.20. The molecule has 0 N–H and O–H groups in total. The second-order valence-electron chi connectivity index (χ2n) is 14.9. The monoisotopic (exact) mass is 739 g/mol. The Labute approximate surface area is 333 Å². The van der Waals surface area contributed by atoms with Crippen LogP contribution >= 0.6 is 0 Å². The molecule has 3 aromatic heterocycles. The fourth-order valence-electron chi connectivity index (χ4n) is 8.85. The molecule has 3 heterocycles. The fraction of sp³-hybridized carbons (Fsp3) is 0. The molecular formula is C54H33N3O. The summed E-state index contributed by atoms with van der Waals surface area (Å²) in [6.45, 7) is 0. The molecule has 58 heavy (non-hydrogen) atoms. The number of nitrogens with zero attached hydrogens (tertiary/aromatic N) is 3. The van der Waals surface area contributed by atoms with Crippen molar-refractivity contribution in [3.05, 3.63) is 200 Å². The average molecular weight is 740 g/mol. The largest absolute Gasteiger partial charge is 0.455 e. The highest BCUT2D eigenvalue weighted by molar-refractivity contribution is 6.15. The number of furan rings is 1. The number of para-hydroxylation sites is 2. The number of aromatic nitrogens is 3. The number of fused-ring (bicyclic) bond motifs is 8. The van der Waals surface area contributed by atoms with Crippen molar-refractivity contribution in [3.63, 3.8) is 0 Å². The van der Waals surface area contributed by atoms with Crippen molar-refractivity contribution >= 4 is 65.4 Å². The van der Waals surface area contributed by atoms with E-state index in [2.05, 4.69) is 193 Å². The number of hydrogen-bond acceptors (Lipinski definition) is 3. The van der Waals surface area contributed by atoms with Gasteiger partial charge in [0.25, 0.3) is 0 Å². The van der Waals surface area contributed by atoms with Gasteiger partial charge in [0.2, 0.25) is 5.95 Å². The lowest BCUT2D eigenvalue weighted by Gasteiger charge is -2.16. The van der Waals surface area contributed by atoms with Crippen LogP contribution in [0.25, 0.3) is 116 Å². The Hall–Kier alpha value is -7.82. The molecule has 0 spiro atoms. The molecule has 0 saturated carbocycles. The molecular weight excluding hydrogens is 707 g/mol. The van der Waals surface area contributed by atoms with Crippen LogP contribution in [0.1, 0.15) is 0 Å². The van der Waals surface area contributed by atoms with Gasteiger partial charge in [-0.25, -0.2) is 9.97 Å². The second kappa shape index (κ2) is 12.9. The maximum atomic E-state index is 6.66. The summed E-state index contributed by atoms with van der Waals surface area (Å²) < 4.78 is 8.92. The third kappa shape index (κ3) is 5.09. The lowest BCUT2D eigenvalue weighted by molar-refractivity contribution is 0.670. The summed E-state index contributed by atoms with van der Waals surface area (Å²) in [5.74, 6) is 0.618. The van der Waals surface area contributed by atoms with Crippen LogP contribution in [0, 0.1) is 0 Å². The Morgan fingerprint density at radius 3 is 1.81 bits per heavy atom. The smallest absolute Gasteiger partial charge is 0.235 e. The van der Waals surface area contributed by atoms with Crippen molar-refractivity contribution in [3.8, 4) is 50.6 Å². The van der Waals surface area contributed by atoms with E-state index < -0.39 is 0 Å². The highest BCUT2D eigenvalue weighted by atomic mass is 16.3. The van der Waals surface area contributed by atoms with E-state index in [1.165, 1.54) is 10.8 Å². The lowest BCUT2D eigenvalue weighted by Crippen LogP contribution is -2.04. The van der Waals surface area contributed by atoms with Crippen molar-refractivity contribution in [1.82, 2.24) is 14.5 Å². The predicted octanol–water partition coefficient (Wildman–Crippen LogP) is 14.4. The summed E-state index contributed by atoms with van der Waals surface area (Å²) in [7, 11) is 0. The second-order valence-corrected chi connectivity index (χ2v) is 14.9. The fourth-order valence-corrected chi connectivity index (χ4v) is 8.85. The summed E-state index contributed by atoms with van der Waals surface area (Å²) in [6, 6.07) is 70.8. The molecule has 4 heteroatoms.